The average molecular weight is 500 g/mol. The molecule has 0 aliphatic heterocycles. The van der Waals surface area contributed by atoms with Crippen molar-refractivity contribution < 1.29 is 8.81 Å². The molecule has 0 saturated heterocycles. The van der Waals surface area contributed by atoms with Crippen LogP contribution in [0.15, 0.2) is 51.7 Å². The van der Waals surface area contributed by atoms with Gasteiger partial charge in [0.1, 0.15) is 23.1 Å². The van der Waals surface area contributed by atoms with Crippen LogP contribution < -0.4 is 10.7 Å². The second-order valence-electron chi connectivity index (χ2n) is 9.13. The first kappa shape index (κ1) is 24.2. The maximum atomic E-state index is 14.0. The van der Waals surface area contributed by atoms with Gasteiger partial charge >= 0.3 is 0 Å². The molecule has 0 radical (unpaired) electrons. The fraction of sp³-hybridized carbons (Fsp3) is 0.259. The zero-order valence-electron chi connectivity index (χ0n) is 21.1. The molecular weight excluding hydrogens is 473 g/mol. The summed E-state index contributed by atoms with van der Waals surface area (Å²) in [5.74, 6) is 0.687. The lowest BCUT2D eigenvalue weighted by Crippen LogP contribution is -2.13. The van der Waals surface area contributed by atoms with E-state index < -0.39 is 6.17 Å². The van der Waals surface area contributed by atoms with E-state index in [2.05, 4.69) is 35.9 Å². The van der Waals surface area contributed by atoms with Crippen molar-refractivity contribution in [2.24, 2.45) is 0 Å². The van der Waals surface area contributed by atoms with Gasteiger partial charge in [-0.1, -0.05) is 12.1 Å². The van der Waals surface area contributed by atoms with Gasteiger partial charge in [-0.2, -0.15) is 5.21 Å². The minimum absolute atomic E-state index is 0.154. The van der Waals surface area contributed by atoms with E-state index in [9.17, 15) is 9.18 Å². The molecule has 5 aromatic rings. The molecule has 0 aliphatic carbocycles. The molecule has 5 rings (SSSR count). The van der Waals surface area contributed by atoms with Crippen LogP contribution in [0.2, 0.25) is 0 Å². The number of nitrogens with zero attached hydrogens (tertiary/aromatic N) is 5. The Kier molecular flexibility index (Phi) is 6.24. The SMILES string of the molecule is Cc1cc(C(C)Nc2ccc(C)nc2-c2nn[nH]n2)c2oc(-c3cccc(C(C)F)n3)c(C)c(=O)c2c1. The number of aromatic nitrogens is 6. The van der Waals surface area contributed by atoms with E-state index >= 15 is 0 Å². The molecule has 0 spiro atoms. The predicted molar refractivity (Wildman–Crippen MR) is 139 cm³/mol. The summed E-state index contributed by atoms with van der Waals surface area (Å²) in [4.78, 5) is 22.4. The Bertz CT molecular complexity index is 1660. The Morgan fingerprint density at radius 2 is 1.86 bits per heavy atom. The maximum absolute atomic E-state index is 14.0. The number of alkyl halides is 1. The van der Waals surface area contributed by atoms with Crippen LogP contribution in [0.4, 0.5) is 10.1 Å². The van der Waals surface area contributed by atoms with Gasteiger partial charge in [-0.25, -0.2) is 14.4 Å². The van der Waals surface area contributed by atoms with Gasteiger partial charge in [-0.3, -0.25) is 4.79 Å². The van der Waals surface area contributed by atoms with Gasteiger partial charge in [0, 0.05) is 16.8 Å². The van der Waals surface area contributed by atoms with Crippen LogP contribution >= 0.6 is 0 Å². The lowest BCUT2D eigenvalue weighted by Gasteiger charge is -2.20. The topological polar surface area (TPSA) is 122 Å². The number of nitrogens with one attached hydrogen (secondary N) is 2. The smallest absolute Gasteiger partial charge is 0.225 e. The van der Waals surface area contributed by atoms with E-state index in [4.69, 9.17) is 4.42 Å². The number of halogens is 1. The normalized spacial score (nSPS) is 13.0. The van der Waals surface area contributed by atoms with Crippen LogP contribution in [0.3, 0.4) is 0 Å². The minimum atomic E-state index is -1.24. The van der Waals surface area contributed by atoms with Crippen LogP contribution in [-0.2, 0) is 0 Å². The van der Waals surface area contributed by atoms with Crippen LogP contribution in [0, 0.1) is 20.8 Å². The van der Waals surface area contributed by atoms with E-state index in [0.717, 1.165) is 16.8 Å². The van der Waals surface area contributed by atoms with Crippen molar-refractivity contribution in [1.82, 2.24) is 30.6 Å². The highest BCUT2D eigenvalue weighted by molar-refractivity contribution is 5.84. The van der Waals surface area contributed by atoms with Gasteiger partial charge in [0.25, 0.3) is 0 Å². The molecule has 2 N–H and O–H groups in total. The molecule has 0 aliphatic rings. The van der Waals surface area contributed by atoms with Crippen LogP contribution in [0.5, 0.6) is 0 Å². The number of rotatable bonds is 6. The molecule has 0 amide bonds. The van der Waals surface area contributed by atoms with Crippen molar-refractivity contribution in [3.05, 3.63) is 80.8 Å². The van der Waals surface area contributed by atoms with Gasteiger partial charge in [-0.05, 0) is 75.7 Å². The number of hydrogen-bond donors (Lipinski definition) is 2. The first-order chi connectivity index (χ1) is 17.7. The Hall–Kier alpha value is -4.47. The monoisotopic (exact) mass is 499 g/mol. The lowest BCUT2D eigenvalue weighted by atomic mass is 9.99. The summed E-state index contributed by atoms with van der Waals surface area (Å²) >= 11 is 0. The van der Waals surface area contributed by atoms with Crippen LogP contribution in [-0.4, -0.2) is 30.6 Å². The zero-order valence-corrected chi connectivity index (χ0v) is 21.1. The molecule has 0 bridgehead atoms. The van der Waals surface area contributed by atoms with Gasteiger partial charge in [0.15, 0.2) is 11.2 Å². The van der Waals surface area contributed by atoms with Crippen LogP contribution in [0.25, 0.3) is 33.9 Å². The second kappa shape index (κ2) is 9.53. The summed E-state index contributed by atoms with van der Waals surface area (Å²) in [5, 5.41) is 18.2. The highest BCUT2D eigenvalue weighted by Gasteiger charge is 2.21. The Balaban J connectivity index is 1.64. The third kappa shape index (κ3) is 4.57. The number of H-pyrrole nitrogens is 1. The minimum Gasteiger partial charge on any atom is -0.454 e. The van der Waals surface area contributed by atoms with E-state index in [-0.39, 0.29) is 17.2 Å². The standard InChI is InChI=1S/C27H26FN7O2/c1-13-11-18(17(5)30-21-10-9-14(2)29-23(21)27-32-34-35-33-27)26-19(12-13)24(36)15(3)25(37-26)22-8-6-7-20(31-22)16(4)28/h6-12,16-17,30H,1-5H3,(H,32,33,34,35). The number of pyridine rings is 2. The number of benzene rings is 1. The van der Waals surface area contributed by atoms with Crippen molar-refractivity contribution in [3.8, 4) is 23.0 Å². The van der Waals surface area contributed by atoms with Crippen molar-refractivity contribution in [2.75, 3.05) is 5.32 Å². The summed E-state index contributed by atoms with van der Waals surface area (Å²) in [6.07, 6.45) is -1.24. The third-order valence-electron chi connectivity index (χ3n) is 6.23. The second-order valence-corrected chi connectivity index (χ2v) is 9.13. The average Bonchev–Trinajstić information content (AvgIpc) is 3.42. The van der Waals surface area contributed by atoms with Crippen molar-refractivity contribution in [1.29, 1.82) is 0 Å². The number of fused-ring (bicyclic) bond motifs is 1. The fourth-order valence-electron chi connectivity index (χ4n) is 4.35. The molecule has 4 aromatic heterocycles. The summed E-state index contributed by atoms with van der Waals surface area (Å²) in [7, 11) is 0. The zero-order chi connectivity index (χ0) is 26.3. The summed E-state index contributed by atoms with van der Waals surface area (Å²) < 4.78 is 20.3. The number of tetrazole rings is 1. The molecule has 4 heterocycles. The molecule has 188 valence electrons. The van der Waals surface area contributed by atoms with Crippen molar-refractivity contribution in [3.63, 3.8) is 0 Å². The van der Waals surface area contributed by atoms with Crippen molar-refractivity contribution in [2.45, 2.75) is 46.8 Å². The first-order valence-electron chi connectivity index (χ1n) is 11.9. The highest BCUT2D eigenvalue weighted by atomic mass is 19.1. The Labute approximate surface area is 212 Å². The summed E-state index contributed by atoms with van der Waals surface area (Å²) in [5.41, 5.74) is 5.16. The Morgan fingerprint density at radius 3 is 2.59 bits per heavy atom. The highest BCUT2D eigenvalue weighted by Crippen LogP contribution is 2.33. The van der Waals surface area contributed by atoms with E-state index in [1.165, 1.54) is 6.92 Å². The summed E-state index contributed by atoms with van der Waals surface area (Å²) in [6.45, 7) is 8.91. The Morgan fingerprint density at radius 1 is 1.05 bits per heavy atom. The predicted octanol–water partition coefficient (Wildman–Crippen LogP) is 5.56. The first-order valence-corrected chi connectivity index (χ1v) is 11.9. The van der Waals surface area contributed by atoms with E-state index in [1.807, 2.05) is 45.0 Å². The third-order valence-corrected chi connectivity index (χ3v) is 6.23. The lowest BCUT2D eigenvalue weighted by molar-refractivity contribution is 0.366. The van der Waals surface area contributed by atoms with Crippen molar-refractivity contribution >= 4 is 16.7 Å². The molecule has 2 atom stereocenters. The molecule has 1 aromatic carbocycles. The number of aromatic amines is 1. The summed E-state index contributed by atoms with van der Waals surface area (Å²) in [6, 6.07) is 12.3. The molecule has 2 unspecified atom stereocenters. The largest absolute Gasteiger partial charge is 0.454 e. The fourth-order valence-corrected chi connectivity index (χ4v) is 4.35. The van der Waals surface area contributed by atoms with Gasteiger partial charge in [0.05, 0.1) is 22.8 Å². The van der Waals surface area contributed by atoms with Gasteiger partial charge in [0.2, 0.25) is 5.82 Å². The van der Waals surface area contributed by atoms with Gasteiger partial charge in [-0.15, -0.1) is 10.2 Å². The molecule has 0 fully saturated rings. The number of aryl methyl sites for hydroxylation is 2. The quantitative estimate of drug-likeness (QED) is 0.311. The molecular formula is C27H26FN7O2. The molecule has 0 saturated carbocycles. The van der Waals surface area contributed by atoms with E-state index in [0.29, 0.717) is 45.2 Å². The maximum Gasteiger partial charge on any atom is 0.225 e. The number of hydrogen-bond acceptors (Lipinski definition) is 8. The molecule has 9 nitrogen and oxygen atoms in total. The van der Waals surface area contributed by atoms with Gasteiger partial charge < -0.3 is 9.73 Å². The number of anilines is 1. The van der Waals surface area contributed by atoms with E-state index in [1.54, 1.807) is 25.1 Å². The van der Waals surface area contributed by atoms with Crippen LogP contribution in [0.1, 0.15) is 54.1 Å². The molecule has 10 heteroatoms. The molecule has 37 heavy (non-hydrogen) atoms.